The molecular weight excluding hydrogens is 276 g/mol. The van der Waals surface area contributed by atoms with Crippen molar-refractivity contribution in [3.63, 3.8) is 0 Å². The van der Waals surface area contributed by atoms with Crippen molar-refractivity contribution in [1.82, 2.24) is 10.6 Å². The summed E-state index contributed by atoms with van der Waals surface area (Å²) in [5, 5.41) is 22.9. The highest BCUT2D eigenvalue weighted by Crippen LogP contribution is 2.18. The van der Waals surface area contributed by atoms with Crippen molar-refractivity contribution in [3.8, 4) is 5.75 Å². The van der Waals surface area contributed by atoms with Gasteiger partial charge in [-0.2, -0.15) is 0 Å². The van der Waals surface area contributed by atoms with Crippen molar-refractivity contribution < 1.29 is 24.5 Å². The molecule has 0 spiro atoms. The highest BCUT2D eigenvalue weighted by molar-refractivity contribution is 5.75. The average molecular weight is 296 g/mol. The molecule has 1 atom stereocenters. The summed E-state index contributed by atoms with van der Waals surface area (Å²) in [6.07, 6.45) is -0.130. The molecule has 7 nitrogen and oxygen atoms in total. The van der Waals surface area contributed by atoms with Gasteiger partial charge in [0.1, 0.15) is 5.75 Å². The number of carboxylic acid groups (broad SMARTS) is 1. The van der Waals surface area contributed by atoms with Gasteiger partial charge in [-0.3, -0.25) is 4.79 Å². The summed E-state index contributed by atoms with van der Waals surface area (Å²) in [4.78, 5) is 21.8. The van der Waals surface area contributed by atoms with E-state index in [9.17, 15) is 14.7 Å². The van der Waals surface area contributed by atoms with E-state index in [4.69, 9.17) is 9.84 Å². The molecule has 4 N–H and O–H groups in total. The molecule has 0 aliphatic heterocycles. The molecular formula is C14H20N2O5. The van der Waals surface area contributed by atoms with Crippen LogP contribution in [0.4, 0.5) is 4.79 Å². The monoisotopic (exact) mass is 296 g/mol. The van der Waals surface area contributed by atoms with Gasteiger partial charge in [-0.15, -0.1) is 0 Å². The van der Waals surface area contributed by atoms with Gasteiger partial charge in [0, 0.05) is 19.0 Å². The number of carboxylic acids is 1. The van der Waals surface area contributed by atoms with E-state index in [2.05, 4.69) is 10.6 Å². The molecule has 1 unspecified atom stereocenters. The van der Waals surface area contributed by atoms with Crippen molar-refractivity contribution in [2.45, 2.75) is 12.3 Å². The largest absolute Gasteiger partial charge is 0.497 e. The van der Waals surface area contributed by atoms with Crippen molar-refractivity contribution >= 4 is 12.0 Å². The van der Waals surface area contributed by atoms with E-state index < -0.39 is 12.0 Å². The van der Waals surface area contributed by atoms with Gasteiger partial charge in [0.15, 0.2) is 0 Å². The van der Waals surface area contributed by atoms with Crippen molar-refractivity contribution in [2.24, 2.45) is 0 Å². The van der Waals surface area contributed by atoms with Gasteiger partial charge in [-0.05, 0) is 17.7 Å². The molecule has 0 heterocycles. The molecule has 21 heavy (non-hydrogen) atoms. The number of aliphatic hydroxyl groups is 1. The molecule has 0 aliphatic rings. The zero-order chi connectivity index (χ0) is 15.7. The van der Waals surface area contributed by atoms with Crippen LogP contribution in [0.5, 0.6) is 5.75 Å². The summed E-state index contributed by atoms with van der Waals surface area (Å²) in [7, 11) is 1.57. The number of carbonyl (C=O) groups is 2. The fourth-order valence-corrected chi connectivity index (χ4v) is 1.73. The molecule has 7 heteroatoms. The molecule has 116 valence electrons. The Kier molecular flexibility index (Phi) is 7.03. The number of methoxy groups -OCH3 is 1. The van der Waals surface area contributed by atoms with Gasteiger partial charge in [0.25, 0.3) is 0 Å². The predicted molar refractivity (Wildman–Crippen MR) is 76.5 cm³/mol. The number of carbonyl (C=O) groups excluding carboxylic acids is 1. The van der Waals surface area contributed by atoms with E-state index in [1.165, 1.54) is 0 Å². The van der Waals surface area contributed by atoms with Crippen LogP contribution in [-0.4, -0.2) is 49.0 Å². The summed E-state index contributed by atoms with van der Waals surface area (Å²) < 4.78 is 5.05. The Balaban J connectivity index is 2.42. The number of benzene rings is 1. The Morgan fingerprint density at radius 1 is 1.24 bits per heavy atom. The lowest BCUT2D eigenvalue weighted by atomic mass is 10.00. The Hall–Kier alpha value is -2.28. The first-order chi connectivity index (χ1) is 10.1. The zero-order valence-corrected chi connectivity index (χ0v) is 11.8. The Labute approximate surface area is 122 Å². The summed E-state index contributed by atoms with van der Waals surface area (Å²) in [6, 6.07) is 6.76. The van der Waals surface area contributed by atoms with E-state index >= 15 is 0 Å². The molecule has 0 fully saturated rings. The number of aliphatic hydroxyl groups excluding tert-OH is 1. The van der Waals surface area contributed by atoms with Gasteiger partial charge in [0.05, 0.1) is 20.1 Å². The maximum Gasteiger partial charge on any atom is 0.314 e. The summed E-state index contributed by atoms with van der Waals surface area (Å²) in [6.45, 7) is 0.205. The number of urea groups is 1. The molecule has 0 saturated carbocycles. The van der Waals surface area contributed by atoms with Gasteiger partial charge in [-0.1, -0.05) is 12.1 Å². The minimum atomic E-state index is -0.971. The predicted octanol–water partition coefficient (Wildman–Crippen LogP) is 0.545. The summed E-state index contributed by atoms with van der Waals surface area (Å²) in [5.41, 5.74) is 0.879. The van der Waals surface area contributed by atoms with Crippen LogP contribution in [0.3, 0.4) is 0 Å². The molecule has 2 amide bonds. The lowest BCUT2D eigenvalue weighted by Gasteiger charge is -2.16. The second kappa shape index (κ2) is 8.80. The lowest BCUT2D eigenvalue weighted by Crippen LogP contribution is -2.39. The van der Waals surface area contributed by atoms with Crippen LogP contribution in [0.25, 0.3) is 0 Å². The molecule has 0 aromatic heterocycles. The smallest absolute Gasteiger partial charge is 0.314 e. The zero-order valence-electron chi connectivity index (χ0n) is 11.8. The number of aliphatic carboxylic acids is 1. The third-order valence-corrected chi connectivity index (χ3v) is 2.94. The molecule has 0 bridgehead atoms. The van der Waals surface area contributed by atoms with Crippen LogP contribution in [0.15, 0.2) is 24.3 Å². The first-order valence-corrected chi connectivity index (χ1v) is 6.55. The maximum absolute atomic E-state index is 11.5. The highest BCUT2D eigenvalue weighted by atomic mass is 16.5. The fraction of sp³-hybridized carbons (Fsp3) is 0.429. The van der Waals surface area contributed by atoms with Crippen LogP contribution in [0.2, 0.25) is 0 Å². The van der Waals surface area contributed by atoms with Gasteiger partial charge in [-0.25, -0.2) is 4.79 Å². The summed E-state index contributed by atoms with van der Waals surface area (Å²) >= 11 is 0. The van der Waals surface area contributed by atoms with Crippen molar-refractivity contribution in [1.29, 1.82) is 0 Å². The van der Waals surface area contributed by atoms with Crippen LogP contribution >= 0.6 is 0 Å². The Morgan fingerprint density at radius 3 is 2.43 bits per heavy atom. The number of hydrogen-bond acceptors (Lipinski definition) is 4. The van der Waals surface area contributed by atoms with E-state index in [0.29, 0.717) is 0 Å². The topological polar surface area (TPSA) is 108 Å². The number of rotatable bonds is 8. The van der Waals surface area contributed by atoms with Crippen molar-refractivity contribution in [3.05, 3.63) is 29.8 Å². The molecule has 1 aromatic carbocycles. The van der Waals surface area contributed by atoms with E-state index in [-0.39, 0.29) is 32.0 Å². The maximum atomic E-state index is 11.5. The Morgan fingerprint density at radius 2 is 1.90 bits per heavy atom. The summed E-state index contributed by atoms with van der Waals surface area (Å²) in [5.74, 6) is -0.488. The van der Waals surface area contributed by atoms with Crippen LogP contribution in [-0.2, 0) is 4.79 Å². The van der Waals surface area contributed by atoms with Crippen LogP contribution in [0, 0.1) is 0 Å². The first kappa shape index (κ1) is 16.8. The lowest BCUT2D eigenvalue weighted by molar-refractivity contribution is -0.136. The third kappa shape index (κ3) is 6.13. The quantitative estimate of drug-likeness (QED) is 0.560. The van der Waals surface area contributed by atoms with Gasteiger partial charge in [0.2, 0.25) is 0 Å². The van der Waals surface area contributed by atoms with Gasteiger partial charge < -0.3 is 25.6 Å². The minimum absolute atomic E-state index is 0.0630. The SMILES string of the molecule is COc1ccc(C(CO)CNC(=O)NCCC(=O)O)cc1. The first-order valence-electron chi connectivity index (χ1n) is 6.55. The third-order valence-electron chi connectivity index (χ3n) is 2.94. The highest BCUT2D eigenvalue weighted by Gasteiger charge is 2.12. The minimum Gasteiger partial charge on any atom is -0.497 e. The Bertz CT molecular complexity index is 461. The number of amides is 2. The van der Waals surface area contributed by atoms with E-state index in [1.54, 1.807) is 19.2 Å². The number of ether oxygens (including phenoxy) is 1. The number of hydrogen-bond donors (Lipinski definition) is 4. The van der Waals surface area contributed by atoms with E-state index in [0.717, 1.165) is 11.3 Å². The van der Waals surface area contributed by atoms with E-state index in [1.807, 2.05) is 12.1 Å². The standard InChI is InChI=1S/C14H20N2O5/c1-21-12-4-2-10(3-5-12)11(9-17)8-16-14(20)15-7-6-13(18)19/h2-5,11,17H,6-9H2,1H3,(H,18,19)(H2,15,16,20). The normalized spacial score (nSPS) is 11.5. The second-order valence-corrected chi connectivity index (χ2v) is 4.43. The number of nitrogens with one attached hydrogen (secondary N) is 2. The molecule has 1 aromatic rings. The molecule has 0 aliphatic carbocycles. The second-order valence-electron chi connectivity index (χ2n) is 4.43. The molecule has 0 radical (unpaired) electrons. The molecule has 0 saturated heterocycles. The fourth-order valence-electron chi connectivity index (χ4n) is 1.73. The van der Waals surface area contributed by atoms with Gasteiger partial charge >= 0.3 is 12.0 Å². The van der Waals surface area contributed by atoms with Crippen LogP contribution < -0.4 is 15.4 Å². The molecule has 1 rings (SSSR count). The van der Waals surface area contributed by atoms with Crippen molar-refractivity contribution in [2.75, 3.05) is 26.8 Å². The van der Waals surface area contributed by atoms with Crippen LogP contribution in [0.1, 0.15) is 17.9 Å². The average Bonchev–Trinajstić information content (AvgIpc) is 2.48.